The topological polar surface area (TPSA) is 65.8 Å². The predicted octanol–water partition coefficient (Wildman–Crippen LogP) is 1.10. The molecule has 13 heavy (non-hydrogen) atoms. The lowest BCUT2D eigenvalue weighted by atomic mass is 10.3. The molecule has 0 aliphatic carbocycles. The first kappa shape index (κ1) is 9.68. The van der Waals surface area contributed by atoms with Crippen LogP contribution < -0.4 is 5.32 Å². The standard InChI is InChI=1S/C8H6BrN3O/c9-7-2-1-6(5-12-7)8(13)11-4-3-10/h1-2,5H,4H2,(H,11,13). The van der Waals surface area contributed by atoms with Crippen LogP contribution in [-0.2, 0) is 0 Å². The van der Waals surface area contributed by atoms with Gasteiger partial charge in [-0.3, -0.25) is 4.79 Å². The number of nitrogens with one attached hydrogen (secondary N) is 1. The lowest BCUT2D eigenvalue weighted by Gasteiger charge is -1.99. The summed E-state index contributed by atoms with van der Waals surface area (Å²) in [5.41, 5.74) is 0.443. The summed E-state index contributed by atoms with van der Waals surface area (Å²) in [6.07, 6.45) is 1.44. The zero-order valence-electron chi connectivity index (χ0n) is 6.62. The lowest BCUT2D eigenvalue weighted by Crippen LogP contribution is -2.23. The number of aromatic nitrogens is 1. The molecule has 1 aromatic rings. The van der Waals surface area contributed by atoms with E-state index in [4.69, 9.17) is 5.26 Å². The van der Waals surface area contributed by atoms with Crippen LogP contribution in [-0.4, -0.2) is 17.4 Å². The maximum absolute atomic E-state index is 11.2. The van der Waals surface area contributed by atoms with E-state index in [1.807, 2.05) is 6.07 Å². The fraction of sp³-hybridized carbons (Fsp3) is 0.125. The van der Waals surface area contributed by atoms with Gasteiger partial charge in [0.2, 0.25) is 0 Å². The van der Waals surface area contributed by atoms with Gasteiger partial charge < -0.3 is 5.32 Å². The third-order valence-corrected chi connectivity index (χ3v) is 1.79. The van der Waals surface area contributed by atoms with Crippen molar-refractivity contribution < 1.29 is 4.79 Å². The van der Waals surface area contributed by atoms with Gasteiger partial charge in [-0.15, -0.1) is 0 Å². The van der Waals surface area contributed by atoms with E-state index in [0.29, 0.717) is 10.2 Å². The highest BCUT2D eigenvalue weighted by Crippen LogP contribution is 2.05. The minimum absolute atomic E-state index is 0.00883. The summed E-state index contributed by atoms with van der Waals surface area (Å²) in [4.78, 5) is 15.1. The summed E-state index contributed by atoms with van der Waals surface area (Å²) >= 11 is 3.15. The highest BCUT2D eigenvalue weighted by atomic mass is 79.9. The second-order valence-corrected chi connectivity index (χ2v) is 3.02. The average Bonchev–Trinajstić information content (AvgIpc) is 2.15. The molecule has 0 spiro atoms. The highest BCUT2D eigenvalue weighted by molar-refractivity contribution is 9.10. The summed E-state index contributed by atoms with van der Waals surface area (Å²) < 4.78 is 0.671. The van der Waals surface area contributed by atoms with Crippen LogP contribution in [0.1, 0.15) is 10.4 Å². The molecule has 0 aromatic carbocycles. The summed E-state index contributed by atoms with van der Waals surface area (Å²) in [5.74, 6) is -0.290. The molecule has 0 aliphatic rings. The molecule has 66 valence electrons. The Bertz CT molecular complexity index is 341. The Morgan fingerprint density at radius 3 is 3.00 bits per heavy atom. The lowest BCUT2D eigenvalue weighted by molar-refractivity contribution is 0.0958. The highest BCUT2D eigenvalue weighted by Gasteiger charge is 2.03. The fourth-order valence-electron chi connectivity index (χ4n) is 0.732. The third-order valence-electron chi connectivity index (χ3n) is 1.32. The molecule has 1 rings (SSSR count). The Morgan fingerprint density at radius 2 is 2.46 bits per heavy atom. The van der Waals surface area contributed by atoms with Crippen LogP contribution in [0.5, 0.6) is 0 Å². The van der Waals surface area contributed by atoms with Gasteiger partial charge >= 0.3 is 0 Å². The SMILES string of the molecule is N#CCNC(=O)c1ccc(Br)nc1. The molecule has 0 fully saturated rings. The van der Waals surface area contributed by atoms with Gasteiger partial charge in [0.25, 0.3) is 5.91 Å². The number of nitriles is 1. The molecule has 0 bridgehead atoms. The molecule has 0 aliphatic heterocycles. The van der Waals surface area contributed by atoms with E-state index in [1.165, 1.54) is 6.20 Å². The minimum Gasteiger partial charge on any atom is -0.339 e. The van der Waals surface area contributed by atoms with Crippen LogP contribution >= 0.6 is 15.9 Å². The van der Waals surface area contributed by atoms with Crippen LogP contribution in [0.2, 0.25) is 0 Å². The molecule has 1 amide bonds. The van der Waals surface area contributed by atoms with E-state index in [-0.39, 0.29) is 12.5 Å². The average molecular weight is 240 g/mol. The Balaban J connectivity index is 2.68. The molecular weight excluding hydrogens is 234 g/mol. The first-order valence-electron chi connectivity index (χ1n) is 3.50. The second kappa shape index (κ2) is 4.58. The van der Waals surface area contributed by atoms with Gasteiger partial charge in [-0.25, -0.2) is 4.98 Å². The van der Waals surface area contributed by atoms with Crippen LogP contribution in [0.4, 0.5) is 0 Å². The molecule has 0 saturated heterocycles. The van der Waals surface area contributed by atoms with E-state index >= 15 is 0 Å². The minimum atomic E-state index is -0.290. The molecule has 1 N–H and O–H groups in total. The molecule has 0 atom stereocenters. The van der Waals surface area contributed by atoms with Gasteiger partial charge in [-0.2, -0.15) is 5.26 Å². The van der Waals surface area contributed by atoms with Gasteiger partial charge in [-0.05, 0) is 28.1 Å². The summed E-state index contributed by atoms with van der Waals surface area (Å²) in [5, 5.41) is 10.6. The molecule has 5 heteroatoms. The van der Waals surface area contributed by atoms with Crippen molar-refractivity contribution in [1.82, 2.24) is 10.3 Å². The van der Waals surface area contributed by atoms with Gasteiger partial charge in [-0.1, -0.05) is 0 Å². The molecule has 1 heterocycles. The summed E-state index contributed by atoms with van der Waals surface area (Å²) in [7, 11) is 0. The van der Waals surface area contributed by atoms with E-state index in [9.17, 15) is 4.79 Å². The number of carbonyl (C=O) groups is 1. The van der Waals surface area contributed by atoms with Crippen molar-refractivity contribution in [2.24, 2.45) is 0 Å². The first-order chi connectivity index (χ1) is 6.24. The van der Waals surface area contributed by atoms with E-state index in [1.54, 1.807) is 12.1 Å². The summed E-state index contributed by atoms with van der Waals surface area (Å²) in [6.45, 7) is 0.00883. The number of amides is 1. The molecule has 1 aromatic heterocycles. The first-order valence-corrected chi connectivity index (χ1v) is 4.30. The Kier molecular flexibility index (Phi) is 3.41. The monoisotopic (exact) mass is 239 g/mol. The Hall–Kier alpha value is -1.41. The molecule has 0 radical (unpaired) electrons. The molecular formula is C8H6BrN3O. The zero-order valence-corrected chi connectivity index (χ0v) is 8.21. The number of hydrogen-bond acceptors (Lipinski definition) is 3. The van der Waals surface area contributed by atoms with E-state index in [2.05, 4.69) is 26.2 Å². The van der Waals surface area contributed by atoms with Crippen LogP contribution in [0.15, 0.2) is 22.9 Å². The van der Waals surface area contributed by atoms with Crippen molar-refractivity contribution in [2.75, 3.05) is 6.54 Å². The molecule has 4 nitrogen and oxygen atoms in total. The van der Waals surface area contributed by atoms with E-state index in [0.717, 1.165) is 0 Å². The van der Waals surface area contributed by atoms with Gasteiger partial charge in [0.05, 0.1) is 11.6 Å². The quantitative estimate of drug-likeness (QED) is 0.621. The smallest absolute Gasteiger partial charge is 0.253 e. The van der Waals surface area contributed by atoms with Crippen molar-refractivity contribution >= 4 is 21.8 Å². The van der Waals surface area contributed by atoms with Crippen molar-refractivity contribution in [3.63, 3.8) is 0 Å². The number of carbonyl (C=O) groups excluding carboxylic acids is 1. The number of halogens is 1. The molecule has 0 unspecified atom stereocenters. The maximum atomic E-state index is 11.2. The van der Waals surface area contributed by atoms with Crippen molar-refractivity contribution in [3.05, 3.63) is 28.5 Å². The fourth-order valence-corrected chi connectivity index (χ4v) is 0.967. The normalized spacial score (nSPS) is 8.92. The number of hydrogen-bond donors (Lipinski definition) is 1. The van der Waals surface area contributed by atoms with Crippen LogP contribution in [0.25, 0.3) is 0 Å². The van der Waals surface area contributed by atoms with E-state index < -0.39 is 0 Å². The number of rotatable bonds is 2. The van der Waals surface area contributed by atoms with Crippen molar-refractivity contribution in [2.45, 2.75) is 0 Å². The zero-order chi connectivity index (χ0) is 9.68. The Labute approximate surface area is 83.7 Å². The predicted molar refractivity (Wildman–Crippen MR) is 49.9 cm³/mol. The summed E-state index contributed by atoms with van der Waals surface area (Å²) in [6, 6.07) is 5.11. The van der Waals surface area contributed by atoms with Crippen LogP contribution in [0, 0.1) is 11.3 Å². The second-order valence-electron chi connectivity index (χ2n) is 2.21. The third kappa shape index (κ3) is 2.84. The number of nitrogens with zero attached hydrogens (tertiary/aromatic N) is 2. The van der Waals surface area contributed by atoms with Crippen molar-refractivity contribution in [1.29, 1.82) is 5.26 Å². The van der Waals surface area contributed by atoms with Crippen LogP contribution in [0.3, 0.4) is 0 Å². The largest absolute Gasteiger partial charge is 0.339 e. The Morgan fingerprint density at radius 1 is 1.69 bits per heavy atom. The van der Waals surface area contributed by atoms with Gasteiger partial charge in [0, 0.05) is 6.20 Å². The maximum Gasteiger partial charge on any atom is 0.253 e. The number of pyridine rings is 1. The van der Waals surface area contributed by atoms with Gasteiger partial charge in [0.15, 0.2) is 0 Å². The molecule has 0 saturated carbocycles. The van der Waals surface area contributed by atoms with Crippen molar-refractivity contribution in [3.8, 4) is 6.07 Å². The van der Waals surface area contributed by atoms with Gasteiger partial charge in [0.1, 0.15) is 11.1 Å².